The summed E-state index contributed by atoms with van der Waals surface area (Å²) in [5.74, 6) is -2.33. The molecule has 0 fully saturated rings. The number of rotatable bonds is 6. The number of ether oxygens (including phenoxy) is 1. The maximum absolute atomic E-state index is 13.9. The number of imidazole rings is 1. The van der Waals surface area contributed by atoms with Crippen molar-refractivity contribution in [3.63, 3.8) is 0 Å². The first-order valence-electron chi connectivity index (χ1n) is 11.3. The van der Waals surface area contributed by atoms with Crippen molar-refractivity contribution in [3.8, 4) is 0 Å². The van der Waals surface area contributed by atoms with Crippen LogP contribution in [0.1, 0.15) is 28.9 Å². The van der Waals surface area contributed by atoms with Crippen molar-refractivity contribution < 1.29 is 19.1 Å². The van der Waals surface area contributed by atoms with Gasteiger partial charge in [-0.3, -0.25) is 19.3 Å². The number of fused-ring (bicyclic) bond motifs is 3. The Morgan fingerprint density at radius 1 is 0.971 bits per heavy atom. The van der Waals surface area contributed by atoms with Crippen LogP contribution in [0.5, 0.6) is 0 Å². The fourth-order valence-electron chi connectivity index (χ4n) is 4.52. The zero-order valence-electron chi connectivity index (χ0n) is 18.9. The summed E-state index contributed by atoms with van der Waals surface area (Å²) in [7, 11) is 0. The van der Waals surface area contributed by atoms with Crippen LogP contribution in [0.15, 0.2) is 78.9 Å². The summed E-state index contributed by atoms with van der Waals surface area (Å²) >= 11 is 5.96. The number of anilines is 1. The smallest absolute Gasteiger partial charge is 0.321 e. The topological polar surface area (TPSA) is 81.5 Å². The molecule has 2 atom stereocenters. The SMILES string of the molecule is CCOC(=O)[C@@H]1C(=O)N(CC(=O)c2ccc(Cl)cc2)c2nc3ccccc3n2[C@H]1c1ccccc1. The van der Waals surface area contributed by atoms with Crippen LogP contribution in [-0.4, -0.2) is 40.4 Å². The summed E-state index contributed by atoms with van der Waals surface area (Å²) in [6, 6.07) is 22.6. The Bertz CT molecular complexity index is 1420. The normalized spacial score (nSPS) is 17.3. The van der Waals surface area contributed by atoms with Crippen LogP contribution in [0.25, 0.3) is 11.0 Å². The Balaban J connectivity index is 1.68. The van der Waals surface area contributed by atoms with E-state index in [4.69, 9.17) is 21.3 Å². The van der Waals surface area contributed by atoms with Crippen molar-refractivity contribution in [2.75, 3.05) is 18.1 Å². The van der Waals surface area contributed by atoms with E-state index in [1.165, 1.54) is 4.90 Å². The van der Waals surface area contributed by atoms with Gasteiger partial charge in [-0.25, -0.2) is 4.98 Å². The highest BCUT2D eigenvalue weighted by molar-refractivity contribution is 6.30. The molecule has 4 aromatic rings. The molecule has 3 aromatic carbocycles. The van der Waals surface area contributed by atoms with E-state index < -0.39 is 23.8 Å². The summed E-state index contributed by atoms with van der Waals surface area (Å²) in [5.41, 5.74) is 2.58. The number of halogens is 1. The third kappa shape index (κ3) is 4.08. The molecular formula is C27H22ClN3O4. The van der Waals surface area contributed by atoms with E-state index >= 15 is 0 Å². The molecule has 35 heavy (non-hydrogen) atoms. The molecule has 0 N–H and O–H groups in total. The first kappa shape index (κ1) is 22.8. The predicted molar refractivity (Wildman–Crippen MR) is 133 cm³/mol. The molecule has 0 bridgehead atoms. The monoisotopic (exact) mass is 487 g/mol. The molecule has 176 valence electrons. The van der Waals surface area contributed by atoms with E-state index in [-0.39, 0.29) is 18.9 Å². The van der Waals surface area contributed by atoms with Crippen molar-refractivity contribution in [1.82, 2.24) is 9.55 Å². The summed E-state index contributed by atoms with van der Waals surface area (Å²) < 4.78 is 7.20. The molecule has 2 heterocycles. The van der Waals surface area contributed by atoms with Gasteiger partial charge in [0.1, 0.15) is 0 Å². The maximum atomic E-state index is 13.9. The number of hydrogen-bond acceptors (Lipinski definition) is 5. The van der Waals surface area contributed by atoms with Gasteiger partial charge in [-0.05, 0) is 48.9 Å². The van der Waals surface area contributed by atoms with Gasteiger partial charge in [0.2, 0.25) is 11.9 Å². The van der Waals surface area contributed by atoms with Crippen LogP contribution >= 0.6 is 11.6 Å². The van der Waals surface area contributed by atoms with Crippen LogP contribution in [0.3, 0.4) is 0 Å². The average Bonchev–Trinajstić information content (AvgIpc) is 3.25. The molecule has 1 aromatic heterocycles. The molecule has 1 amide bonds. The van der Waals surface area contributed by atoms with Gasteiger partial charge >= 0.3 is 5.97 Å². The van der Waals surface area contributed by atoms with Gasteiger partial charge in [0.15, 0.2) is 11.7 Å². The molecule has 5 rings (SSSR count). The van der Waals surface area contributed by atoms with E-state index in [1.54, 1.807) is 31.2 Å². The molecule has 0 saturated carbocycles. The zero-order chi connectivity index (χ0) is 24.5. The van der Waals surface area contributed by atoms with Crippen molar-refractivity contribution in [2.45, 2.75) is 13.0 Å². The number of benzene rings is 3. The Hall–Kier alpha value is -3.97. The third-order valence-electron chi connectivity index (χ3n) is 6.09. The lowest BCUT2D eigenvalue weighted by Crippen LogP contribution is -2.51. The molecule has 1 aliphatic heterocycles. The third-order valence-corrected chi connectivity index (χ3v) is 6.35. The van der Waals surface area contributed by atoms with Crippen LogP contribution < -0.4 is 4.90 Å². The number of ketones is 1. The number of aromatic nitrogens is 2. The molecule has 0 saturated heterocycles. The van der Waals surface area contributed by atoms with E-state index in [0.717, 1.165) is 11.1 Å². The first-order chi connectivity index (χ1) is 17.0. The van der Waals surface area contributed by atoms with Crippen LogP contribution in [0.4, 0.5) is 5.95 Å². The molecule has 8 heteroatoms. The van der Waals surface area contributed by atoms with Crippen LogP contribution in [0.2, 0.25) is 5.02 Å². The second-order valence-electron chi connectivity index (χ2n) is 8.21. The number of hydrogen-bond donors (Lipinski definition) is 0. The molecule has 0 spiro atoms. The predicted octanol–water partition coefficient (Wildman–Crippen LogP) is 4.69. The Labute approximate surface area is 206 Å². The summed E-state index contributed by atoms with van der Waals surface area (Å²) in [6.07, 6.45) is 0. The number of Topliss-reactive ketones (excluding diaryl/α,β-unsaturated/α-hetero) is 1. The van der Waals surface area contributed by atoms with E-state index in [0.29, 0.717) is 22.1 Å². The minimum atomic E-state index is -1.18. The highest BCUT2D eigenvalue weighted by Crippen LogP contribution is 2.41. The summed E-state index contributed by atoms with van der Waals surface area (Å²) in [4.78, 5) is 46.2. The van der Waals surface area contributed by atoms with Crippen molar-refractivity contribution in [2.24, 2.45) is 5.92 Å². The van der Waals surface area contributed by atoms with E-state index in [2.05, 4.69) is 0 Å². The number of amides is 1. The fraction of sp³-hybridized carbons (Fsp3) is 0.185. The minimum absolute atomic E-state index is 0.130. The Morgan fingerprint density at radius 3 is 2.37 bits per heavy atom. The first-order valence-corrected chi connectivity index (χ1v) is 11.7. The second kappa shape index (κ2) is 9.35. The maximum Gasteiger partial charge on any atom is 0.321 e. The van der Waals surface area contributed by atoms with Crippen molar-refractivity contribution in [1.29, 1.82) is 0 Å². The van der Waals surface area contributed by atoms with Crippen molar-refractivity contribution in [3.05, 3.63) is 95.0 Å². The van der Waals surface area contributed by atoms with Gasteiger partial charge < -0.3 is 9.30 Å². The van der Waals surface area contributed by atoms with Gasteiger partial charge in [0.05, 0.1) is 30.2 Å². The molecule has 1 aliphatic rings. The highest BCUT2D eigenvalue weighted by Gasteiger charge is 2.48. The lowest BCUT2D eigenvalue weighted by molar-refractivity contribution is -0.153. The van der Waals surface area contributed by atoms with Gasteiger partial charge in [-0.1, -0.05) is 54.1 Å². The lowest BCUT2D eigenvalue weighted by Gasteiger charge is -2.37. The Kier molecular flexibility index (Phi) is 6.09. The average molecular weight is 488 g/mol. The van der Waals surface area contributed by atoms with Gasteiger partial charge in [0.25, 0.3) is 0 Å². The van der Waals surface area contributed by atoms with Crippen LogP contribution in [0, 0.1) is 5.92 Å². The number of carbonyl (C=O) groups excluding carboxylic acids is 3. The highest BCUT2D eigenvalue weighted by atomic mass is 35.5. The fourth-order valence-corrected chi connectivity index (χ4v) is 4.65. The number of para-hydroxylation sites is 2. The van der Waals surface area contributed by atoms with Gasteiger partial charge in [-0.2, -0.15) is 0 Å². The molecular weight excluding hydrogens is 466 g/mol. The lowest BCUT2D eigenvalue weighted by atomic mass is 9.89. The molecule has 0 aliphatic carbocycles. The van der Waals surface area contributed by atoms with E-state index in [1.807, 2.05) is 59.2 Å². The molecule has 7 nitrogen and oxygen atoms in total. The number of carbonyl (C=O) groups is 3. The summed E-state index contributed by atoms with van der Waals surface area (Å²) in [6.45, 7) is 1.55. The second-order valence-corrected chi connectivity index (χ2v) is 8.65. The van der Waals surface area contributed by atoms with Crippen LogP contribution in [-0.2, 0) is 14.3 Å². The number of nitrogens with zero attached hydrogens (tertiary/aromatic N) is 3. The largest absolute Gasteiger partial charge is 0.465 e. The van der Waals surface area contributed by atoms with Crippen molar-refractivity contribution >= 4 is 46.2 Å². The molecule has 0 unspecified atom stereocenters. The molecule has 0 radical (unpaired) electrons. The summed E-state index contributed by atoms with van der Waals surface area (Å²) in [5, 5.41) is 0.505. The van der Waals surface area contributed by atoms with E-state index in [9.17, 15) is 14.4 Å². The zero-order valence-corrected chi connectivity index (χ0v) is 19.7. The minimum Gasteiger partial charge on any atom is -0.465 e. The van der Waals surface area contributed by atoms with Gasteiger partial charge in [0, 0.05) is 10.6 Å². The standard InChI is InChI=1S/C27H22ClN3O4/c1-2-35-26(34)23-24(18-8-4-3-5-9-18)31-21-11-7-6-10-20(21)29-27(31)30(25(23)33)16-22(32)17-12-14-19(28)15-13-17/h3-15,23-24H,2,16H2,1H3/t23-,24-/m0/s1. The Morgan fingerprint density at radius 2 is 1.66 bits per heavy atom. The van der Waals surface area contributed by atoms with Gasteiger partial charge in [-0.15, -0.1) is 0 Å². The quantitative estimate of drug-likeness (QED) is 0.224. The number of esters is 1.